The Morgan fingerprint density at radius 2 is 2.04 bits per heavy atom. The van der Waals surface area contributed by atoms with Crippen LogP contribution in [0.2, 0.25) is 0 Å². The zero-order valence-electron chi connectivity index (χ0n) is 14.7. The van der Waals surface area contributed by atoms with Gasteiger partial charge in [0.1, 0.15) is 0 Å². The summed E-state index contributed by atoms with van der Waals surface area (Å²) in [6.45, 7) is 6.88. The lowest BCUT2D eigenvalue weighted by molar-refractivity contribution is -0.117. The summed E-state index contributed by atoms with van der Waals surface area (Å²) in [5.41, 5.74) is 0.905. The second kappa shape index (κ2) is 10.7. The lowest BCUT2D eigenvalue weighted by Gasteiger charge is -2.11. The van der Waals surface area contributed by atoms with Crippen LogP contribution in [-0.2, 0) is 4.79 Å². The van der Waals surface area contributed by atoms with E-state index in [-0.39, 0.29) is 11.9 Å². The Hall–Kier alpha value is -1.97. The summed E-state index contributed by atoms with van der Waals surface area (Å²) >= 11 is 0. The quantitative estimate of drug-likeness (QED) is 0.519. The Bertz CT molecular complexity index is 511. The van der Waals surface area contributed by atoms with Gasteiger partial charge in [-0.3, -0.25) is 4.79 Å². The van der Waals surface area contributed by atoms with E-state index in [0.717, 1.165) is 30.6 Å². The molecule has 0 saturated heterocycles. The Labute approximate surface area is 139 Å². The highest BCUT2D eigenvalue weighted by Crippen LogP contribution is 2.28. The fraction of sp³-hybridized carbons (Fsp3) is 0.526. The van der Waals surface area contributed by atoms with E-state index in [0.29, 0.717) is 12.4 Å². The number of rotatable bonds is 10. The Morgan fingerprint density at radius 1 is 1.26 bits per heavy atom. The van der Waals surface area contributed by atoms with Crippen LogP contribution >= 0.6 is 0 Å². The molecule has 1 rings (SSSR count). The first-order valence-electron chi connectivity index (χ1n) is 8.40. The summed E-state index contributed by atoms with van der Waals surface area (Å²) < 4.78 is 11.1. The zero-order chi connectivity index (χ0) is 17.1. The maximum atomic E-state index is 11.8. The standard InChI is InChI=1S/C19H29NO3/c1-5-7-8-13-23-17-11-9-16(14-18(17)22-4)10-12-19(21)20-15(3)6-2/h9-12,14-15H,5-8,13H2,1-4H3,(H,20,21)/b12-10+. The van der Waals surface area contributed by atoms with Crippen LogP contribution in [0.15, 0.2) is 24.3 Å². The molecule has 0 fully saturated rings. The van der Waals surface area contributed by atoms with E-state index in [1.165, 1.54) is 6.42 Å². The molecule has 1 N–H and O–H groups in total. The molecule has 23 heavy (non-hydrogen) atoms. The maximum Gasteiger partial charge on any atom is 0.244 e. The highest BCUT2D eigenvalue weighted by molar-refractivity contribution is 5.91. The molecule has 0 spiro atoms. The van der Waals surface area contributed by atoms with Gasteiger partial charge in [0.25, 0.3) is 0 Å². The molecule has 0 bridgehead atoms. The fourth-order valence-corrected chi connectivity index (χ4v) is 2.01. The normalized spacial score (nSPS) is 12.2. The van der Waals surface area contributed by atoms with Gasteiger partial charge in [0.15, 0.2) is 11.5 Å². The molecule has 4 nitrogen and oxygen atoms in total. The number of methoxy groups -OCH3 is 1. The second-order valence-corrected chi connectivity index (χ2v) is 5.62. The monoisotopic (exact) mass is 319 g/mol. The SMILES string of the molecule is CCCCCOc1ccc(/C=C/C(=O)NC(C)CC)cc1OC. The molecular formula is C19H29NO3. The summed E-state index contributed by atoms with van der Waals surface area (Å²) in [6, 6.07) is 5.87. The molecule has 1 aromatic rings. The summed E-state index contributed by atoms with van der Waals surface area (Å²) in [7, 11) is 1.62. The first-order valence-corrected chi connectivity index (χ1v) is 8.40. The lowest BCUT2D eigenvalue weighted by Crippen LogP contribution is -2.30. The number of carbonyl (C=O) groups excluding carboxylic acids is 1. The van der Waals surface area contributed by atoms with Crippen molar-refractivity contribution in [3.05, 3.63) is 29.8 Å². The van der Waals surface area contributed by atoms with Gasteiger partial charge >= 0.3 is 0 Å². The molecular weight excluding hydrogens is 290 g/mol. The smallest absolute Gasteiger partial charge is 0.244 e. The highest BCUT2D eigenvalue weighted by atomic mass is 16.5. The van der Waals surface area contributed by atoms with Crippen molar-refractivity contribution in [1.29, 1.82) is 0 Å². The molecule has 0 aromatic heterocycles. The van der Waals surface area contributed by atoms with Crippen molar-refractivity contribution in [2.45, 2.75) is 52.5 Å². The van der Waals surface area contributed by atoms with E-state index in [1.54, 1.807) is 19.3 Å². The van der Waals surface area contributed by atoms with Crippen molar-refractivity contribution in [2.24, 2.45) is 0 Å². The number of ether oxygens (including phenoxy) is 2. The fourth-order valence-electron chi connectivity index (χ4n) is 2.01. The molecule has 0 aliphatic rings. The van der Waals surface area contributed by atoms with Crippen molar-refractivity contribution in [3.63, 3.8) is 0 Å². The van der Waals surface area contributed by atoms with Crippen LogP contribution in [0.5, 0.6) is 11.5 Å². The number of amides is 1. The van der Waals surface area contributed by atoms with Crippen LogP contribution in [-0.4, -0.2) is 25.7 Å². The maximum absolute atomic E-state index is 11.8. The van der Waals surface area contributed by atoms with Gasteiger partial charge in [0, 0.05) is 12.1 Å². The molecule has 0 aliphatic carbocycles. The van der Waals surface area contributed by atoms with Crippen molar-refractivity contribution < 1.29 is 14.3 Å². The van der Waals surface area contributed by atoms with Crippen LogP contribution in [0.3, 0.4) is 0 Å². The van der Waals surface area contributed by atoms with Crippen molar-refractivity contribution in [2.75, 3.05) is 13.7 Å². The van der Waals surface area contributed by atoms with Gasteiger partial charge < -0.3 is 14.8 Å². The minimum absolute atomic E-state index is 0.0850. The summed E-state index contributed by atoms with van der Waals surface area (Å²) in [6.07, 6.45) is 7.61. The van der Waals surface area contributed by atoms with Crippen LogP contribution < -0.4 is 14.8 Å². The minimum Gasteiger partial charge on any atom is -0.493 e. The van der Waals surface area contributed by atoms with Crippen LogP contribution in [0.25, 0.3) is 6.08 Å². The van der Waals surface area contributed by atoms with Gasteiger partial charge in [-0.1, -0.05) is 32.8 Å². The predicted octanol–water partition coefficient (Wildman–Crippen LogP) is 4.19. The second-order valence-electron chi connectivity index (χ2n) is 5.62. The Balaban J connectivity index is 2.65. The molecule has 0 radical (unpaired) electrons. The van der Waals surface area contributed by atoms with Gasteiger partial charge in [-0.15, -0.1) is 0 Å². The number of unbranched alkanes of at least 4 members (excludes halogenated alkanes) is 2. The molecule has 128 valence electrons. The average Bonchev–Trinajstić information content (AvgIpc) is 2.57. The van der Waals surface area contributed by atoms with E-state index in [4.69, 9.17) is 9.47 Å². The highest BCUT2D eigenvalue weighted by Gasteiger charge is 2.05. The van der Waals surface area contributed by atoms with E-state index in [9.17, 15) is 4.79 Å². The van der Waals surface area contributed by atoms with E-state index in [1.807, 2.05) is 32.0 Å². The largest absolute Gasteiger partial charge is 0.493 e. The summed E-state index contributed by atoms with van der Waals surface area (Å²) in [5, 5.41) is 2.90. The molecule has 1 atom stereocenters. The third-order valence-corrected chi connectivity index (χ3v) is 3.62. The minimum atomic E-state index is -0.0850. The molecule has 0 aliphatic heterocycles. The average molecular weight is 319 g/mol. The third-order valence-electron chi connectivity index (χ3n) is 3.62. The van der Waals surface area contributed by atoms with E-state index >= 15 is 0 Å². The first kappa shape index (κ1) is 19.1. The summed E-state index contributed by atoms with van der Waals surface area (Å²) in [5.74, 6) is 1.34. The molecule has 0 heterocycles. The Kier molecular flexibility index (Phi) is 8.88. The van der Waals surface area contributed by atoms with Crippen molar-refractivity contribution in [3.8, 4) is 11.5 Å². The van der Waals surface area contributed by atoms with Crippen molar-refractivity contribution in [1.82, 2.24) is 5.32 Å². The number of hydrogen-bond acceptors (Lipinski definition) is 3. The molecule has 1 amide bonds. The molecule has 1 aromatic carbocycles. The number of benzene rings is 1. The first-order chi connectivity index (χ1) is 11.1. The van der Waals surface area contributed by atoms with Crippen LogP contribution in [0, 0.1) is 0 Å². The number of hydrogen-bond donors (Lipinski definition) is 1. The number of nitrogens with one attached hydrogen (secondary N) is 1. The molecule has 1 unspecified atom stereocenters. The topological polar surface area (TPSA) is 47.6 Å². The predicted molar refractivity (Wildman–Crippen MR) is 94.9 cm³/mol. The Morgan fingerprint density at radius 3 is 2.70 bits per heavy atom. The molecule has 4 heteroatoms. The van der Waals surface area contributed by atoms with Gasteiger partial charge in [0.2, 0.25) is 5.91 Å². The lowest BCUT2D eigenvalue weighted by atomic mass is 10.2. The van der Waals surface area contributed by atoms with E-state index < -0.39 is 0 Å². The van der Waals surface area contributed by atoms with E-state index in [2.05, 4.69) is 12.2 Å². The van der Waals surface area contributed by atoms with Gasteiger partial charge in [0.05, 0.1) is 13.7 Å². The van der Waals surface area contributed by atoms with Gasteiger partial charge in [-0.2, -0.15) is 0 Å². The van der Waals surface area contributed by atoms with Crippen molar-refractivity contribution >= 4 is 12.0 Å². The van der Waals surface area contributed by atoms with Gasteiger partial charge in [-0.05, 0) is 43.5 Å². The number of carbonyl (C=O) groups is 1. The molecule has 0 saturated carbocycles. The van der Waals surface area contributed by atoms with Crippen LogP contribution in [0.4, 0.5) is 0 Å². The zero-order valence-corrected chi connectivity index (χ0v) is 14.7. The summed E-state index contributed by atoms with van der Waals surface area (Å²) in [4.78, 5) is 11.8. The van der Waals surface area contributed by atoms with Gasteiger partial charge in [-0.25, -0.2) is 0 Å². The third kappa shape index (κ3) is 7.22. The van der Waals surface area contributed by atoms with Crippen LogP contribution in [0.1, 0.15) is 52.0 Å².